The van der Waals surface area contributed by atoms with Crippen LogP contribution in [0.2, 0.25) is 0 Å². The highest BCUT2D eigenvalue weighted by Gasteiger charge is 2.26. The fourth-order valence-corrected chi connectivity index (χ4v) is 5.92. The average molecular weight is 464 g/mol. The maximum absolute atomic E-state index is 12.6. The minimum absolute atomic E-state index is 0.135. The van der Waals surface area contributed by atoms with Crippen molar-refractivity contribution in [3.63, 3.8) is 0 Å². The van der Waals surface area contributed by atoms with Gasteiger partial charge in [-0.1, -0.05) is 26.0 Å². The molecule has 1 aromatic carbocycles. The molecule has 0 fully saturated rings. The van der Waals surface area contributed by atoms with Gasteiger partial charge in [-0.25, -0.2) is 28.4 Å². The lowest BCUT2D eigenvalue weighted by Crippen LogP contribution is -2.20. The fourth-order valence-electron chi connectivity index (χ4n) is 4.29. The first kappa shape index (κ1) is 21.3. The van der Waals surface area contributed by atoms with Gasteiger partial charge >= 0.3 is 0 Å². The van der Waals surface area contributed by atoms with E-state index >= 15 is 0 Å². The first-order valence-electron chi connectivity index (χ1n) is 10.9. The zero-order chi connectivity index (χ0) is 23.2. The molecular formula is C23H25N7O2S. The molecule has 9 nitrogen and oxygen atoms in total. The van der Waals surface area contributed by atoms with Crippen molar-refractivity contribution in [3.05, 3.63) is 54.1 Å². The molecular weight excluding hydrogens is 438 g/mol. The van der Waals surface area contributed by atoms with Crippen molar-refractivity contribution in [2.24, 2.45) is 5.92 Å². The average Bonchev–Trinajstić information content (AvgIpc) is 3.23. The number of nitrogen functional groups attached to an aromatic ring is 1. The van der Waals surface area contributed by atoms with Gasteiger partial charge < -0.3 is 16.0 Å². The van der Waals surface area contributed by atoms with E-state index in [0.717, 1.165) is 34.2 Å². The third-order valence-corrected chi connectivity index (χ3v) is 7.89. The molecule has 3 aromatic heterocycles. The van der Waals surface area contributed by atoms with Crippen LogP contribution in [0.4, 0.5) is 11.8 Å². The van der Waals surface area contributed by atoms with Crippen molar-refractivity contribution in [1.29, 1.82) is 0 Å². The molecule has 1 aliphatic heterocycles. The molecule has 4 aromatic rings. The summed E-state index contributed by atoms with van der Waals surface area (Å²) >= 11 is 0. The van der Waals surface area contributed by atoms with Gasteiger partial charge in [0.05, 0.1) is 27.8 Å². The molecule has 33 heavy (non-hydrogen) atoms. The number of nitrogens with one attached hydrogen (secondary N) is 2. The molecule has 170 valence electrons. The third kappa shape index (κ3) is 4.02. The van der Waals surface area contributed by atoms with E-state index < -0.39 is 9.84 Å². The number of H-pyrrole nitrogens is 1. The van der Waals surface area contributed by atoms with E-state index in [4.69, 9.17) is 5.73 Å². The number of fused-ring (bicyclic) bond motifs is 2. The number of aromatic nitrogens is 5. The molecule has 0 radical (unpaired) electrons. The van der Waals surface area contributed by atoms with Crippen LogP contribution in [0.5, 0.6) is 0 Å². The Kier molecular flexibility index (Phi) is 5.24. The van der Waals surface area contributed by atoms with Crippen LogP contribution in [-0.2, 0) is 16.3 Å². The highest BCUT2D eigenvalue weighted by molar-refractivity contribution is 7.91. The van der Waals surface area contributed by atoms with Gasteiger partial charge in [0.1, 0.15) is 17.8 Å². The summed E-state index contributed by atoms with van der Waals surface area (Å²) in [7, 11) is -3.24. The van der Waals surface area contributed by atoms with Crippen molar-refractivity contribution in [1.82, 2.24) is 24.9 Å². The number of anilines is 2. The van der Waals surface area contributed by atoms with Gasteiger partial charge in [0.25, 0.3) is 0 Å². The number of aryl methyl sites for hydroxylation is 1. The molecule has 0 aliphatic carbocycles. The minimum atomic E-state index is -3.24. The van der Waals surface area contributed by atoms with Crippen LogP contribution < -0.4 is 11.1 Å². The van der Waals surface area contributed by atoms with Crippen LogP contribution in [0.3, 0.4) is 0 Å². The van der Waals surface area contributed by atoms with E-state index in [1.807, 2.05) is 24.3 Å². The van der Waals surface area contributed by atoms with E-state index in [1.165, 1.54) is 6.33 Å². The number of hydrogen-bond donors (Lipinski definition) is 3. The molecule has 10 heteroatoms. The van der Waals surface area contributed by atoms with Crippen molar-refractivity contribution < 1.29 is 8.42 Å². The van der Waals surface area contributed by atoms with E-state index in [2.05, 4.69) is 44.1 Å². The van der Waals surface area contributed by atoms with Gasteiger partial charge in [-0.15, -0.1) is 0 Å². The van der Waals surface area contributed by atoms with Gasteiger partial charge in [0.15, 0.2) is 9.84 Å². The molecule has 0 spiro atoms. The Morgan fingerprint density at radius 2 is 1.88 bits per heavy atom. The first-order valence-corrected chi connectivity index (χ1v) is 12.5. The zero-order valence-corrected chi connectivity index (χ0v) is 19.2. The summed E-state index contributed by atoms with van der Waals surface area (Å²) in [6.07, 6.45) is 6.27. The lowest BCUT2D eigenvalue weighted by molar-refractivity contribution is 0.542. The minimum Gasteiger partial charge on any atom is -0.368 e. The molecule has 5 rings (SSSR count). The molecule has 0 saturated carbocycles. The fraction of sp³-hybridized carbons (Fsp3) is 0.304. The zero-order valence-electron chi connectivity index (χ0n) is 18.4. The quantitative estimate of drug-likeness (QED) is 0.408. The second kappa shape index (κ2) is 8.11. The summed E-state index contributed by atoms with van der Waals surface area (Å²) in [4.78, 5) is 20.7. The molecule has 4 N–H and O–H groups in total. The van der Waals surface area contributed by atoms with E-state index in [-0.39, 0.29) is 23.7 Å². The van der Waals surface area contributed by atoms with Gasteiger partial charge in [-0.05, 0) is 42.0 Å². The lowest BCUT2D eigenvalue weighted by atomic mass is 9.94. The summed E-state index contributed by atoms with van der Waals surface area (Å²) in [6.45, 7) is 4.19. The van der Waals surface area contributed by atoms with Crippen LogP contribution in [0.15, 0.2) is 47.9 Å². The Morgan fingerprint density at radius 3 is 2.64 bits per heavy atom. The first-order chi connectivity index (χ1) is 15.8. The van der Waals surface area contributed by atoms with Crippen molar-refractivity contribution >= 4 is 32.6 Å². The number of rotatable bonds is 5. The van der Waals surface area contributed by atoms with Crippen LogP contribution >= 0.6 is 0 Å². The number of nitrogens with two attached hydrogens (primary N) is 1. The Labute approximate surface area is 191 Å². The molecule has 1 atom stereocenters. The van der Waals surface area contributed by atoms with Gasteiger partial charge in [0.2, 0.25) is 5.95 Å². The molecule has 0 saturated heterocycles. The van der Waals surface area contributed by atoms with Crippen molar-refractivity contribution in [3.8, 4) is 11.3 Å². The number of nitrogens with zero attached hydrogens (tertiary/aromatic N) is 4. The molecule has 0 bridgehead atoms. The van der Waals surface area contributed by atoms with E-state index in [0.29, 0.717) is 22.8 Å². The third-order valence-electron chi connectivity index (χ3n) is 6.01. The number of benzene rings is 1. The van der Waals surface area contributed by atoms with Gasteiger partial charge in [-0.2, -0.15) is 0 Å². The number of sulfone groups is 1. The topological polar surface area (TPSA) is 140 Å². The van der Waals surface area contributed by atoms with Crippen LogP contribution in [-0.4, -0.2) is 39.1 Å². The maximum Gasteiger partial charge on any atom is 0.219 e. The van der Waals surface area contributed by atoms with Crippen LogP contribution in [0.25, 0.3) is 22.3 Å². The molecule has 4 heterocycles. The SMILES string of the molecule is CC(C)[C@@H](Nc1ncnc2[nH]c(-c3cnc(N)nc3)cc12)c1ccc2c(c1)S(=O)(=O)CCC2. The smallest absolute Gasteiger partial charge is 0.219 e. The summed E-state index contributed by atoms with van der Waals surface area (Å²) in [5, 5.41) is 4.35. The monoisotopic (exact) mass is 463 g/mol. The number of aromatic amines is 1. The second-order valence-corrected chi connectivity index (χ2v) is 10.7. The summed E-state index contributed by atoms with van der Waals surface area (Å²) in [5.74, 6) is 1.27. The Bertz CT molecular complexity index is 1430. The normalized spacial score (nSPS) is 16.0. The highest BCUT2D eigenvalue weighted by Crippen LogP contribution is 2.34. The summed E-state index contributed by atoms with van der Waals surface area (Å²) in [5.41, 5.74) is 9.68. The molecule has 0 amide bonds. The van der Waals surface area contributed by atoms with E-state index in [9.17, 15) is 8.42 Å². The Balaban J connectivity index is 1.53. The lowest BCUT2D eigenvalue weighted by Gasteiger charge is -2.26. The summed E-state index contributed by atoms with van der Waals surface area (Å²) < 4.78 is 25.3. The van der Waals surface area contributed by atoms with Crippen molar-refractivity contribution in [2.75, 3.05) is 16.8 Å². The predicted molar refractivity (Wildman–Crippen MR) is 127 cm³/mol. The van der Waals surface area contributed by atoms with Gasteiger partial charge in [0, 0.05) is 18.0 Å². The molecule has 1 aliphatic rings. The van der Waals surface area contributed by atoms with Crippen LogP contribution in [0.1, 0.15) is 37.4 Å². The molecule has 0 unspecified atom stereocenters. The Hall–Kier alpha value is -3.53. The van der Waals surface area contributed by atoms with Crippen molar-refractivity contribution in [2.45, 2.75) is 37.6 Å². The summed E-state index contributed by atoms with van der Waals surface area (Å²) in [6, 6.07) is 7.60. The standard InChI is InChI=1S/C23H25N7O2S/c1-13(2)20(15-6-5-14-4-3-7-33(31,32)19(14)8-15)30-22-17-9-18(29-21(17)27-12-28-22)16-10-25-23(24)26-11-16/h5-6,8-13,20H,3-4,7H2,1-2H3,(H2,24,25,26)(H2,27,28,29,30)/t20-/m1/s1. The van der Waals surface area contributed by atoms with E-state index in [1.54, 1.807) is 12.4 Å². The highest BCUT2D eigenvalue weighted by atomic mass is 32.2. The maximum atomic E-state index is 12.6. The largest absolute Gasteiger partial charge is 0.368 e. The second-order valence-electron chi connectivity index (χ2n) is 8.65. The van der Waals surface area contributed by atoms with Gasteiger partial charge in [-0.3, -0.25) is 0 Å². The van der Waals surface area contributed by atoms with Crippen LogP contribution in [0, 0.1) is 5.92 Å². The number of hydrogen-bond acceptors (Lipinski definition) is 8. The predicted octanol–water partition coefficient (Wildman–Crippen LogP) is 3.53. The Morgan fingerprint density at radius 1 is 1.09 bits per heavy atom.